The summed E-state index contributed by atoms with van der Waals surface area (Å²) in [4.78, 5) is 34.4. The molecule has 2 heterocycles. The summed E-state index contributed by atoms with van der Waals surface area (Å²) in [5.74, 6) is 1.07. The van der Waals surface area contributed by atoms with Crippen LogP contribution in [0.3, 0.4) is 0 Å². The van der Waals surface area contributed by atoms with Gasteiger partial charge in [0.15, 0.2) is 0 Å². The number of carbonyl (C=O) groups is 2. The van der Waals surface area contributed by atoms with Gasteiger partial charge in [0.05, 0.1) is 24.8 Å². The normalized spacial score (nSPS) is 16.5. The van der Waals surface area contributed by atoms with Crippen molar-refractivity contribution in [1.29, 1.82) is 0 Å². The molecule has 136 valence electrons. The monoisotopic (exact) mass is 354 g/mol. The van der Waals surface area contributed by atoms with Crippen molar-refractivity contribution in [3.8, 4) is 5.75 Å². The lowest BCUT2D eigenvalue weighted by Gasteiger charge is -2.16. The zero-order valence-electron chi connectivity index (χ0n) is 14.9. The lowest BCUT2D eigenvalue weighted by Crippen LogP contribution is -2.30. The van der Waals surface area contributed by atoms with E-state index < -0.39 is 5.91 Å². The van der Waals surface area contributed by atoms with E-state index in [1.165, 1.54) is 6.20 Å². The quantitative estimate of drug-likeness (QED) is 0.876. The number of benzene rings is 1. The predicted molar refractivity (Wildman–Crippen MR) is 95.9 cm³/mol. The molecule has 2 N–H and O–H groups in total. The fourth-order valence-electron chi connectivity index (χ4n) is 3.15. The van der Waals surface area contributed by atoms with Crippen LogP contribution in [0.25, 0.3) is 0 Å². The third kappa shape index (κ3) is 3.82. The van der Waals surface area contributed by atoms with Gasteiger partial charge in [-0.15, -0.1) is 0 Å². The molecule has 7 nitrogen and oxygen atoms in total. The number of ether oxygens (including phenoxy) is 1. The topological polar surface area (TPSA) is 98.4 Å². The molecule has 2 amide bonds. The summed E-state index contributed by atoms with van der Waals surface area (Å²) in [5, 5.41) is 0. The van der Waals surface area contributed by atoms with Crippen LogP contribution in [0.15, 0.2) is 30.5 Å². The maximum absolute atomic E-state index is 12.5. The van der Waals surface area contributed by atoms with Crippen LogP contribution in [0, 0.1) is 6.92 Å². The van der Waals surface area contributed by atoms with Gasteiger partial charge in [0.25, 0.3) is 5.91 Å². The van der Waals surface area contributed by atoms with Crippen molar-refractivity contribution >= 4 is 11.8 Å². The maximum atomic E-state index is 12.5. The van der Waals surface area contributed by atoms with E-state index in [1.54, 1.807) is 14.0 Å². The van der Waals surface area contributed by atoms with E-state index in [0.717, 1.165) is 17.7 Å². The van der Waals surface area contributed by atoms with Gasteiger partial charge in [-0.2, -0.15) is 0 Å². The summed E-state index contributed by atoms with van der Waals surface area (Å²) in [6.45, 7) is 3.01. The van der Waals surface area contributed by atoms with Crippen LogP contribution < -0.4 is 10.5 Å². The summed E-state index contributed by atoms with van der Waals surface area (Å²) < 4.78 is 5.13. The first-order valence-corrected chi connectivity index (χ1v) is 8.52. The number of aromatic nitrogens is 2. The molecular formula is C19H22N4O3. The molecule has 26 heavy (non-hydrogen) atoms. The number of amides is 2. The highest BCUT2D eigenvalue weighted by Gasteiger charge is 2.29. The molecule has 1 aromatic heterocycles. The van der Waals surface area contributed by atoms with Gasteiger partial charge in [0.2, 0.25) is 5.91 Å². The maximum Gasteiger partial charge on any atom is 0.252 e. The number of hydrogen-bond donors (Lipinski definition) is 1. The molecule has 0 radical (unpaired) electrons. The Kier molecular flexibility index (Phi) is 5.16. The zero-order chi connectivity index (χ0) is 18.7. The molecule has 0 aliphatic carbocycles. The van der Waals surface area contributed by atoms with E-state index >= 15 is 0 Å². The molecule has 1 saturated heterocycles. The summed E-state index contributed by atoms with van der Waals surface area (Å²) >= 11 is 0. The SMILES string of the molecule is COc1ccc(CC(=O)N2CC[C@H](c3ncc(C(N)=O)c(C)n3)C2)cc1. The van der Waals surface area contributed by atoms with Crippen molar-refractivity contribution in [2.45, 2.75) is 25.7 Å². The molecule has 0 unspecified atom stereocenters. The summed E-state index contributed by atoms with van der Waals surface area (Å²) in [5.41, 5.74) is 7.15. The van der Waals surface area contributed by atoms with Crippen molar-refractivity contribution in [1.82, 2.24) is 14.9 Å². The van der Waals surface area contributed by atoms with Crippen molar-refractivity contribution in [2.75, 3.05) is 20.2 Å². The van der Waals surface area contributed by atoms with Crippen LogP contribution in [0.2, 0.25) is 0 Å². The number of primary amides is 1. The van der Waals surface area contributed by atoms with Gasteiger partial charge < -0.3 is 15.4 Å². The fraction of sp³-hybridized carbons (Fsp3) is 0.368. The van der Waals surface area contributed by atoms with E-state index in [2.05, 4.69) is 9.97 Å². The minimum absolute atomic E-state index is 0.0791. The standard InChI is InChI=1S/C19H22N4O3/c1-12-16(18(20)25)10-21-19(22-12)14-7-8-23(11-14)17(24)9-13-3-5-15(26-2)6-4-13/h3-6,10,14H,7-9,11H2,1-2H3,(H2,20,25)/t14-/m0/s1. The fourth-order valence-corrected chi connectivity index (χ4v) is 3.15. The molecular weight excluding hydrogens is 332 g/mol. The number of hydrogen-bond acceptors (Lipinski definition) is 5. The van der Waals surface area contributed by atoms with E-state index in [9.17, 15) is 9.59 Å². The first-order valence-electron chi connectivity index (χ1n) is 8.52. The molecule has 0 saturated carbocycles. The Morgan fingerprint density at radius 3 is 2.65 bits per heavy atom. The van der Waals surface area contributed by atoms with Crippen LogP contribution in [-0.2, 0) is 11.2 Å². The molecule has 0 spiro atoms. The summed E-state index contributed by atoms with van der Waals surface area (Å²) in [7, 11) is 1.62. The van der Waals surface area contributed by atoms with Gasteiger partial charge in [-0.25, -0.2) is 9.97 Å². The first kappa shape index (κ1) is 17.8. The van der Waals surface area contributed by atoms with Crippen LogP contribution in [0.4, 0.5) is 0 Å². The van der Waals surface area contributed by atoms with Crippen molar-refractivity contribution < 1.29 is 14.3 Å². The summed E-state index contributed by atoms with van der Waals surface area (Å²) in [6, 6.07) is 7.51. The molecule has 1 aromatic carbocycles. The van der Waals surface area contributed by atoms with Gasteiger partial charge >= 0.3 is 0 Å². The van der Waals surface area contributed by atoms with Gasteiger partial charge in [-0.05, 0) is 31.0 Å². The van der Waals surface area contributed by atoms with Gasteiger partial charge in [-0.3, -0.25) is 9.59 Å². The summed E-state index contributed by atoms with van der Waals surface area (Å²) in [6.07, 6.45) is 2.64. The second-order valence-electron chi connectivity index (χ2n) is 6.44. The van der Waals surface area contributed by atoms with Crippen molar-refractivity contribution in [2.24, 2.45) is 5.73 Å². The second-order valence-corrected chi connectivity index (χ2v) is 6.44. The highest BCUT2D eigenvalue weighted by molar-refractivity contribution is 5.93. The number of carbonyl (C=O) groups excluding carboxylic acids is 2. The Morgan fingerprint density at radius 1 is 1.31 bits per heavy atom. The zero-order valence-corrected chi connectivity index (χ0v) is 14.9. The van der Waals surface area contributed by atoms with E-state index in [1.807, 2.05) is 29.2 Å². The molecule has 1 atom stereocenters. The van der Waals surface area contributed by atoms with Crippen molar-refractivity contribution in [3.05, 3.63) is 53.1 Å². The van der Waals surface area contributed by atoms with Crippen LogP contribution in [0.1, 0.15) is 39.8 Å². The Morgan fingerprint density at radius 2 is 2.04 bits per heavy atom. The lowest BCUT2D eigenvalue weighted by molar-refractivity contribution is -0.129. The molecule has 1 fully saturated rings. The Hall–Kier alpha value is -2.96. The highest BCUT2D eigenvalue weighted by atomic mass is 16.5. The Labute approximate surface area is 152 Å². The van der Waals surface area contributed by atoms with Crippen LogP contribution >= 0.6 is 0 Å². The first-order chi connectivity index (χ1) is 12.5. The predicted octanol–water partition coefficient (Wildman–Crippen LogP) is 1.45. The average Bonchev–Trinajstić information content (AvgIpc) is 3.12. The number of nitrogens with two attached hydrogens (primary N) is 1. The molecule has 2 aromatic rings. The number of nitrogens with zero attached hydrogens (tertiary/aromatic N) is 3. The molecule has 1 aliphatic rings. The highest BCUT2D eigenvalue weighted by Crippen LogP contribution is 2.26. The molecule has 1 aliphatic heterocycles. The molecule has 0 bridgehead atoms. The van der Waals surface area contributed by atoms with E-state index in [4.69, 9.17) is 10.5 Å². The largest absolute Gasteiger partial charge is 0.497 e. The lowest BCUT2D eigenvalue weighted by atomic mass is 10.1. The van der Waals surface area contributed by atoms with Gasteiger partial charge in [0, 0.05) is 25.2 Å². The average molecular weight is 354 g/mol. The Bertz CT molecular complexity index is 820. The number of rotatable bonds is 5. The third-order valence-corrected chi connectivity index (χ3v) is 4.68. The van der Waals surface area contributed by atoms with Crippen molar-refractivity contribution in [3.63, 3.8) is 0 Å². The minimum atomic E-state index is -0.531. The van der Waals surface area contributed by atoms with E-state index in [-0.39, 0.29) is 11.8 Å². The van der Waals surface area contributed by atoms with Gasteiger partial charge in [0.1, 0.15) is 11.6 Å². The molecule has 3 rings (SSSR count). The van der Waals surface area contributed by atoms with E-state index in [0.29, 0.717) is 36.6 Å². The Balaban J connectivity index is 1.63. The number of methoxy groups -OCH3 is 1. The smallest absolute Gasteiger partial charge is 0.252 e. The second kappa shape index (κ2) is 7.51. The van der Waals surface area contributed by atoms with Crippen LogP contribution in [-0.4, -0.2) is 46.9 Å². The number of likely N-dealkylation sites (tertiary alicyclic amines) is 1. The van der Waals surface area contributed by atoms with Crippen LogP contribution in [0.5, 0.6) is 5.75 Å². The number of aryl methyl sites for hydroxylation is 1. The minimum Gasteiger partial charge on any atom is -0.497 e. The molecule has 7 heteroatoms. The van der Waals surface area contributed by atoms with Gasteiger partial charge in [-0.1, -0.05) is 12.1 Å². The third-order valence-electron chi connectivity index (χ3n) is 4.68.